The SMILES string of the molecule is CC/C=C\C/C=C\C/C=C\C/C=C\CCCCCCCCC(=O)OCC(COCCCCCCCCCC/C=C\C/C=C\CCCCC)OC(=O)CCCCCCCC/C=C\C/C=C\C/C=C\C/C=C\CC. The van der Waals surface area contributed by atoms with E-state index in [4.69, 9.17) is 14.2 Å². The van der Waals surface area contributed by atoms with Crippen LogP contribution in [0.25, 0.3) is 0 Å². The van der Waals surface area contributed by atoms with Crippen molar-refractivity contribution in [2.75, 3.05) is 19.8 Å². The number of carbonyl (C=O) groups is 2. The van der Waals surface area contributed by atoms with E-state index >= 15 is 0 Å². The summed E-state index contributed by atoms with van der Waals surface area (Å²) in [5.41, 5.74) is 0. The van der Waals surface area contributed by atoms with Gasteiger partial charge in [0.2, 0.25) is 0 Å². The Morgan fingerprint density at radius 1 is 0.319 bits per heavy atom. The van der Waals surface area contributed by atoms with Crippen LogP contribution in [0.2, 0.25) is 0 Å². The van der Waals surface area contributed by atoms with Crippen molar-refractivity contribution in [2.24, 2.45) is 0 Å². The van der Waals surface area contributed by atoms with Gasteiger partial charge in [0.05, 0.1) is 6.61 Å². The maximum absolute atomic E-state index is 12.9. The maximum Gasteiger partial charge on any atom is 0.306 e. The van der Waals surface area contributed by atoms with Crippen LogP contribution in [-0.4, -0.2) is 37.9 Å². The van der Waals surface area contributed by atoms with E-state index < -0.39 is 6.10 Å². The molecule has 1 unspecified atom stereocenters. The molecule has 0 aliphatic carbocycles. The van der Waals surface area contributed by atoms with Gasteiger partial charge in [-0.15, -0.1) is 0 Å². The van der Waals surface area contributed by atoms with Gasteiger partial charge in [0.15, 0.2) is 6.10 Å². The first-order valence-electron chi connectivity index (χ1n) is 30.1. The quantitative estimate of drug-likeness (QED) is 0.0345. The van der Waals surface area contributed by atoms with Crippen LogP contribution in [0.3, 0.4) is 0 Å². The molecule has 0 aliphatic rings. The largest absolute Gasteiger partial charge is 0.462 e. The molecule has 0 spiro atoms. The first-order valence-corrected chi connectivity index (χ1v) is 30.1. The van der Waals surface area contributed by atoms with Gasteiger partial charge in [0.1, 0.15) is 6.61 Å². The molecule has 0 heterocycles. The minimum Gasteiger partial charge on any atom is -0.462 e. The van der Waals surface area contributed by atoms with Crippen LogP contribution in [0, 0.1) is 0 Å². The average Bonchev–Trinajstić information content (AvgIpc) is 3.38. The Hall–Kier alpha value is -3.70. The lowest BCUT2D eigenvalue weighted by Crippen LogP contribution is -2.30. The molecule has 0 saturated carbocycles. The second-order valence-corrected chi connectivity index (χ2v) is 19.5. The first-order chi connectivity index (χ1) is 35.6. The standard InChI is InChI=1S/C67H112O5/c1-4-7-10-13-16-19-22-25-28-31-34-36-39-42-45-48-51-54-57-60-66(68)71-64-65(63-70-62-59-56-53-50-47-44-41-38-33-30-27-24-21-18-15-12-9-6-3)72-67(69)61-58-55-52-49-46-43-40-37-35-32-29-26-23-20-17-14-11-8-5-2/h7-8,10-11,16-21,25-30,34-37,65H,4-6,9,12-15,22-24,31-33,38-64H2,1-3H3/b10-7-,11-8-,19-16-,20-17-,21-18-,28-25-,29-26-,30-27-,36-34-,37-35-. The monoisotopic (exact) mass is 997 g/mol. The highest BCUT2D eigenvalue weighted by Crippen LogP contribution is 2.14. The average molecular weight is 998 g/mol. The molecular weight excluding hydrogens is 885 g/mol. The summed E-state index contributed by atoms with van der Waals surface area (Å²) in [7, 11) is 0. The van der Waals surface area contributed by atoms with E-state index in [1.165, 1.54) is 109 Å². The molecule has 5 heteroatoms. The number of hydrogen-bond acceptors (Lipinski definition) is 5. The Balaban J connectivity index is 4.37. The van der Waals surface area contributed by atoms with Gasteiger partial charge in [-0.05, 0) is 128 Å². The molecule has 5 nitrogen and oxygen atoms in total. The lowest BCUT2D eigenvalue weighted by Gasteiger charge is -2.18. The van der Waals surface area contributed by atoms with E-state index in [0.717, 1.165) is 122 Å². The van der Waals surface area contributed by atoms with Crippen molar-refractivity contribution in [2.45, 2.75) is 271 Å². The minimum atomic E-state index is -0.563. The van der Waals surface area contributed by atoms with Crippen molar-refractivity contribution >= 4 is 11.9 Å². The smallest absolute Gasteiger partial charge is 0.306 e. The van der Waals surface area contributed by atoms with Gasteiger partial charge >= 0.3 is 11.9 Å². The fraction of sp³-hybridized carbons (Fsp3) is 0.672. The number of allylic oxidation sites excluding steroid dienone is 20. The third-order valence-corrected chi connectivity index (χ3v) is 12.5. The van der Waals surface area contributed by atoms with Crippen molar-refractivity contribution in [3.05, 3.63) is 122 Å². The molecule has 0 bridgehead atoms. The van der Waals surface area contributed by atoms with Crippen LogP contribution in [0.4, 0.5) is 0 Å². The van der Waals surface area contributed by atoms with E-state index in [9.17, 15) is 9.59 Å². The van der Waals surface area contributed by atoms with E-state index in [2.05, 4.69) is 142 Å². The van der Waals surface area contributed by atoms with E-state index in [0.29, 0.717) is 19.4 Å². The zero-order valence-electron chi connectivity index (χ0n) is 47.2. The van der Waals surface area contributed by atoms with Crippen LogP contribution >= 0.6 is 0 Å². The van der Waals surface area contributed by atoms with Crippen LogP contribution in [0.5, 0.6) is 0 Å². The van der Waals surface area contributed by atoms with Gasteiger partial charge in [0, 0.05) is 19.4 Å². The molecule has 410 valence electrons. The molecule has 0 rings (SSSR count). The Morgan fingerprint density at radius 3 is 1.00 bits per heavy atom. The van der Waals surface area contributed by atoms with Gasteiger partial charge < -0.3 is 14.2 Å². The third-order valence-electron chi connectivity index (χ3n) is 12.5. The zero-order chi connectivity index (χ0) is 52.0. The van der Waals surface area contributed by atoms with Crippen molar-refractivity contribution in [3.63, 3.8) is 0 Å². The van der Waals surface area contributed by atoms with Crippen molar-refractivity contribution < 1.29 is 23.8 Å². The zero-order valence-corrected chi connectivity index (χ0v) is 47.2. The lowest BCUT2D eigenvalue weighted by molar-refractivity contribution is -0.163. The molecule has 0 aromatic heterocycles. The molecule has 0 radical (unpaired) electrons. The highest BCUT2D eigenvalue weighted by molar-refractivity contribution is 5.70. The topological polar surface area (TPSA) is 61.8 Å². The molecule has 0 fully saturated rings. The van der Waals surface area contributed by atoms with Crippen molar-refractivity contribution in [1.82, 2.24) is 0 Å². The summed E-state index contributed by atoms with van der Waals surface area (Å²) in [5, 5.41) is 0. The van der Waals surface area contributed by atoms with E-state index in [1.54, 1.807) is 0 Å². The fourth-order valence-corrected chi connectivity index (χ4v) is 8.05. The number of ether oxygens (including phenoxy) is 3. The number of unbranched alkanes of at least 4 members (excludes halogenated alkanes) is 23. The summed E-state index contributed by atoms with van der Waals surface area (Å²) in [4.78, 5) is 25.6. The van der Waals surface area contributed by atoms with E-state index in [1.807, 2.05) is 0 Å². The Kier molecular flexibility index (Phi) is 58.4. The predicted octanol–water partition coefficient (Wildman–Crippen LogP) is 20.9. The molecule has 0 amide bonds. The molecule has 0 saturated heterocycles. The van der Waals surface area contributed by atoms with Crippen molar-refractivity contribution in [1.29, 1.82) is 0 Å². The number of hydrogen-bond donors (Lipinski definition) is 0. The van der Waals surface area contributed by atoms with Gasteiger partial charge in [-0.2, -0.15) is 0 Å². The van der Waals surface area contributed by atoms with Gasteiger partial charge in [-0.25, -0.2) is 0 Å². The first kappa shape index (κ1) is 68.3. The summed E-state index contributed by atoms with van der Waals surface area (Å²) < 4.78 is 17.5. The lowest BCUT2D eigenvalue weighted by atomic mass is 10.1. The molecular formula is C67H112O5. The summed E-state index contributed by atoms with van der Waals surface area (Å²) in [5.74, 6) is -0.433. The summed E-state index contributed by atoms with van der Waals surface area (Å²) >= 11 is 0. The second kappa shape index (κ2) is 61.6. The van der Waals surface area contributed by atoms with Crippen LogP contribution in [0.15, 0.2) is 122 Å². The Morgan fingerprint density at radius 2 is 0.625 bits per heavy atom. The molecule has 1 atom stereocenters. The minimum absolute atomic E-state index is 0.0626. The Bertz CT molecular complexity index is 1450. The highest BCUT2D eigenvalue weighted by atomic mass is 16.6. The summed E-state index contributed by atoms with van der Waals surface area (Å²) in [6, 6.07) is 0. The van der Waals surface area contributed by atoms with Crippen LogP contribution < -0.4 is 0 Å². The van der Waals surface area contributed by atoms with Crippen LogP contribution in [-0.2, 0) is 23.8 Å². The number of esters is 2. The second-order valence-electron chi connectivity index (χ2n) is 19.5. The molecule has 0 aromatic rings. The van der Waals surface area contributed by atoms with Crippen LogP contribution in [0.1, 0.15) is 265 Å². The van der Waals surface area contributed by atoms with Gasteiger partial charge in [0.25, 0.3) is 0 Å². The van der Waals surface area contributed by atoms with E-state index in [-0.39, 0.29) is 25.2 Å². The fourth-order valence-electron chi connectivity index (χ4n) is 8.05. The third kappa shape index (κ3) is 58.9. The summed E-state index contributed by atoms with van der Waals surface area (Å²) in [6.07, 6.45) is 86.5. The van der Waals surface area contributed by atoms with Gasteiger partial charge in [-0.1, -0.05) is 245 Å². The molecule has 72 heavy (non-hydrogen) atoms. The highest BCUT2D eigenvalue weighted by Gasteiger charge is 2.17. The maximum atomic E-state index is 12.9. The molecule has 0 N–H and O–H groups in total. The summed E-state index contributed by atoms with van der Waals surface area (Å²) in [6.45, 7) is 7.54. The number of rotatable bonds is 54. The molecule has 0 aliphatic heterocycles. The van der Waals surface area contributed by atoms with Crippen molar-refractivity contribution in [3.8, 4) is 0 Å². The Labute approximate surface area is 446 Å². The normalized spacial score (nSPS) is 13.1. The molecule has 0 aromatic carbocycles. The number of carbonyl (C=O) groups excluding carboxylic acids is 2. The predicted molar refractivity (Wildman–Crippen MR) is 316 cm³/mol. The van der Waals surface area contributed by atoms with Gasteiger partial charge in [-0.3, -0.25) is 9.59 Å².